The van der Waals surface area contributed by atoms with Gasteiger partial charge in [-0.05, 0) is 37.1 Å². The summed E-state index contributed by atoms with van der Waals surface area (Å²) in [7, 11) is 0. The molecule has 0 bridgehead atoms. The number of hydrogen-bond donors (Lipinski definition) is 2. The van der Waals surface area contributed by atoms with E-state index in [1.807, 2.05) is 38.1 Å². The lowest BCUT2D eigenvalue weighted by atomic mass is 10.0. The maximum atomic E-state index is 12.0. The van der Waals surface area contributed by atoms with Crippen molar-refractivity contribution in [3.8, 4) is 0 Å². The van der Waals surface area contributed by atoms with Crippen molar-refractivity contribution in [3.63, 3.8) is 0 Å². The summed E-state index contributed by atoms with van der Waals surface area (Å²) < 4.78 is 0. The molecule has 0 fully saturated rings. The molecule has 0 spiro atoms. The van der Waals surface area contributed by atoms with Gasteiger partial charge in [-0.25, -0.2) is 0 Å². The first-order valence-electron chi connectivity index (χ1n) is 7.41. The minimum absolute atomic E-state index is 0.0107. The maximum absolute atomic E-state index is 12.0. The molecule has 1 atom stereocenters. The van der Waals surface area contributed by atoms with Gasteiger partial charge in [-0.15, -0.1) is 0 Å². The highest BCUT2D eigenvalue weighted by atomic mass is 35.5. The smallest absolute Gasteiger partial charge is 0.289 e. The van der Waals surface area contributed by atoms with Gasteiger partial charge in [0.15, 0.2) is 0 Å². The van der Waals surface area contributed by atoms with E-state index in [1.54, 1.807) is 0 Å². The molecule has 0 heterocycles. The summed E-state index contributed by atoms with van der Waals surface area (Å²) >= 11 is 5.75. The van der Waals surface area contributed by atoms with Gasteiger partial charge in [0.1, 0.15) is 5.02 Å². The Morgan fingerprint density at radius 1 is 1.29 bits per heavy atom. The van der Waals surface area contributed by atoms with Crippen molar-refractivity contribution in [3.05, 3.63) is 68.7 Å². The largest absolute Gasteiger partial charge is 0.325 e. The molecule has 0 saturated carbocycles. The van der Waals surface area contributed by atoms with Gasteiger partial charge >= 0.3 is 0 Å². The first-order chi connectivity index (χ1) is 11.4. The summed E-state index contributed by atoms with van der Waals surface area (Å²) in [4.78, 5) is 22.3. The monoisotopic (exact) mass is 347 g/mol. The number of nitrogens with zero attached hydrogens (tertiary/aromatic N) is 1. The number of aryl methyl sites for hydroxylation is 1. The number of nitro benzene ring substituents is 1. The molecule has 0 aliphatic heterocycles. The molecule has 0 aliphatic rings. The minimum Gasteiger partial charge on any atom is -0.325 e. The van der Waals surface area contributed by atoms with Gasteiger partial charge in [-0.3, -0.25) is 14.9 Å². The van der Waals surface area contributed by atoms with E-state index in [4.69, 9.17) is 11.6 Å². The summed E-state index contributed by atoms with van der Waals surface area (Å²) in [6, 6.07) is 12.1. The summed E-state index contributed by atoms with van der Waals surface area (Å²) in [5.41, 5.74) is 2.36. The van der Waals surface area contributed by atoms with E-state index in [0.717, 1.165) is 11.1 Å². The Labute approximate surface area is 145 Å². The molecule has 1 unspecified atom stereocenters. The van der Waals surface area contributed by atoms with Gasteiger partial charge in [0, 0.05) is 17.8 Å². The number of carbonyl (C=O) groups excluding carboxylic acids is 1. The molecule has 7 heteroatoms. The van der Waals surface area contributed by atoms with E-state index in [2.05, 4.69) is 10.6 Å². The number of rotatable bonds is 6. The first-order valence-corrected chi connectivity index (χ1v) is 7.79. The highest BCUT2D eigenvalue weighted by Gasteiger charge is 2.14. The molecule has 0 aliphatic carbocycles. The van der Waals surface area contributed by atoms with Crippen molar-refractivity contribution < 1.29 is 9.72 Å². The lowest BCUT2D eigenvalue weighted by Crippen LogP contribution is -2.30. The van der Waals surface area contributed by atoms with E-state index in [9.17, 15) is 14.9 Å². The highest BCUT2D eigenvalue weighted by Crippen LogP contribution is 2.27. The zero-order chi connectivity index (χ0) is 17.7. The highest BCUT2D eigenvalue weighted by molar-refractivity contribution is 6.32. The second-order valence-electron chi connectivity index (χ2n) is 5.43. The van der Waals surface area contributed by atoms with Crippen molar-refractivity contribution in [1.82, 2.24) is 5.32 Å². The number of hydrogen-bond acceptors (Lipinski definition) is 4. The van der Waals surface area contributed by atoms with Gasteiger partial charge in [-0.2, -0.15) is 0 Å². The molecule has 0 radical (unpaired) electrons. The number of nitrogens with one attached hydrogen (secondary N) is 2. The molecule has 126 valence electrons. The van der Waals surface area contributed by atoms with Crippen LogP contribution >= 0.6 is 11.6 Å². The summed E-state index contributed by atoms with van der Waals surface area (Å²) in [5, 5.41) is 16.6. The fourth-order valence-corrected chi connectivity index (χ4v) is 2.55. The van der Waals surface area contributed by atoms with E-state index < -0.39 is 4.92 Å². The maximum Gasteiger partial charge on any atom is 0.289 e. The van der Waals surface area contributed by atoms with Crippen LogP contribution in [0, 0.1) is 17.0 Å². The van der Waals surface area contributed by atoms with E-state index in [1.165, 1.54) is 18.2 Å². The summed E-state index contributed by atoms with van der Waals surface area (Å²) in [6.07, 6.45) is 0. The third-order valence-electron chi connectivity index (χ3n) is 3.65. The van der Waals surface area contributed by atoms with Crippen LogP contribution in [0.2, 0.25) is 5.02 Å². The average molecular weight is 348 g/mol. The number of carbonyl (C=O) groups is 1. The van der Waals surface area contributed by atoms with E-state index >= 15 is 0 Å². The minimum atomic E-state index is -0.587. The van der Waals surface area contributed by atoms with Crippen LogP contribution in [0.5, 0.6) is 0 Å². The van der Waals surface area contributed by atoms with Gasteiger partial charge in [0.25, 0.3) is 5.69 Å². The molecular formula is C17H18ClN3O3. The number of amides is 1. The van der Waals surface area contributed by atoms with Gasteiger partial charge in [0.05, 0.1) is 11.5 Å². The van der Waals surface area contributed by atoms with Gasteiger partial charge in [-0.1, -0.05) is 35.9 Å². The van der Waals surface area contributed by atoms with Crippen LogP contribution in [0.1, 0.15) is 24.1 Å². The molecular weight excluding hydrogens is 330 g/mol. The Morgan fingerprint density at radius 2 is 2.00 bits per heavy atom. The Kier molecular flexibility index (Phi) is 5.89. The molecule has 0 saturated heterocycles. The van der Waals surface area contributed by atoms with Crippen LogP contribution in [-0.4, -0.2) is 17.4 Å². The van der Waals surface area contributed by atoms with Crippen LogP contribution in [0.4, 0.5) is 11.4 Å². The first kappa shape index (κ1) is 17.9. The van der Waals surface area contributed by atoms with E-state index in [0.29, 0.717) is 5.69 Å². The van der Waals surface area contributed by atoms with Crippen molar-refractivity contribution in [2.75, 3.05) is 11.9 Å². The number of anilines is 1. The van der Waals surface area contributed by atoms with Crippen LogP contribution in [0.15, 0.2) is 42.5 Å². The molecule has 24 heavy (non-hydrogen) atoms. The molecule has 0 aromatic heterocycles. The fraction of sp³-hybridized carbons (Fsp3) is 0.235. The van der Waals surface area contributed by atoms with Crippen molar-refractivity contribution >= 4 is 28.9 Å². The lowest BCUT2D eigenvalue weighted by Gasteiger charge is -2.16. The fourth-order valence-electron chi connectivity index (χ4n) is 2.36. The second-order valence-corrected chi connectivity index (χ2v) is 5.84. The zero-order valence-electron chi connectivity index (χ0n) is 13.4. The normalized spacial score (nSPS) is 11.8. The third kappa shape index (κ3) is 4.53. The molecule has 6 nitrogen and oxygen atoms in total. The van der Waals surface area contributed by atoms with Gasteiger partial charge < -0.3 is 10.6 Å². The Bertz CT molecular complexity index is 764. The Morgan fingerprint density at radius 3 is 2.67 bits per heavy atom. The molecule has 2 aromatic carbocycles. The molecule has 1 amide bonds. The van der Waals surface area contributed by atoms with Crippen LogP contribution in [0.3, 0.4) is 0 Å². The number of halogens is 1. The topological polar surface area (TPSA) is 84.3 Å². The zero-order valence-corrected chi connectivity index (χ0v) is 14.1. The molecule has 2 rings (SSSR count). The van der Waals surface area contributed by atoms with Crippen molar-refractivity contribution in [2.45, 2.75) is 19.9 Å². The standard InChI is InChI=1S/C17H18ClN3O3/c1-11-5-3-4-6-14(11)12(2)19-10-17(22)20-13-7-8-15(18)16(9-13)21(23)24/h3-9,12,19H,10H2,1-2H3,(H,20,22). The third-order valence-corrected chi connectivity index (χ3v) is 3.97. The van der Waals surface area contributed by atoms with Crippen LogP contribution < -0.4 is 10.6 Å². The second kappa shape index (κ2) is 7.90. The molecule has 2 N–H and O–H groups in total. The quantitative estimate of drug-likeness (QED) is 0.614. The summed E-state index contributed by atoms with van der Waals surface area (Å²) in [6.45, 7) is 4.08. The Hall–Kier alpha value is -2.44. The van der Waals surface area contributed by atoms with Crippen molar-refractivity contribution in [2.24, 2.45) is 0 Å². The predicted octanol–water partition coefficient (Wildman–Crippen LogP) is 3.85. The number of nitro groups is 1. The van der Waals surface area contributed by atoms with E-state index in [-0.39, 0.29) is 29.2 Å². The average Bonchev–Trinajstić information content (AvgIpc) is 2.54. The SMILES string of the molecule is Cc1ccccc1C(C)NCC(=O)Nc1ccc(Cl)c([N+](=O)[O-])c1. The molecule has 2 aromatic rings. The lowest BCUT2D eigenvalue weighted by molar-refractivity contribution is -0.384. The predicted molar refractivity (Wildman–Crippen MR) is 94.3 cm³/mol. The van der Waals surface area contributed by atoms with Crippen LogP contribution in [-0.2, 0) is 4.79 Å². The van der Waals surface area contributed by atoms with Crippen molar-refractivity contribution in [1.29, 1.82) is 0 Å². The Balaban J connectivity index is 1.95. The van der Waals surface area contributed by atoms with Crippen LogP contribution in [0.25, 0.3) is 0 Å². The number of benzene rings is 2. The summed E-state index contributed by atoms with van der Waals surface area (Å²) in [5.74, 6) is -0.285. The van der Waals surface area contributed by atoms with Gasteiger partial charge in [0.2, 0.25) is 5.91 Å².